The molecule has 0 unspecified atom stereocenters. The first-order valence-corrected chi connectivity index (χ1v) is 7.50. The normalized spacial score (nSPS) is 9.86. The van der Waals surface area contributed by atoms with E-state index in [1.54, 1.807) is 0 Å². The van der Waals surface area contributed by atoms with Crippen LogP contribution in [0.5, 0.6) is 0 Å². The fourth-order valence-corrected chi connectivity index (χ4v) is 2.12. The van der Waals surface area contributed by atoms with E-state index in [0.29, 0.717) is 0 Å². The van der Waals surface area contributed by atoms with Crippen LogP contribution in [-0.4, -0.2) is 4.43 Å². The van der Waals surface area contributed by atoms with Gasteiger partial charge in [0.1, 0.15) is 0 Å². The van der Waals surface area contributed by atoms with Gasteiger partial charge in [-0.05, 0) is 10.8 Å². The summed E-state index contributed by atoms with van der Waals surface area (Å²) >= 11 is 2.47. The minimum Gasteiger partial charge on any atom is -0.0864 e. The van der Waals surface area contributed by atoms with Crippen LogP contribution in [0.25, 0.3) is 0 Å². The molecule has 0 radical (unpaired) electrons. The van der Waals surface area contributed by atoms with Gasteiger partial charge in [0.25, 0.3) is 0 Å². The van der Waals surface area contributed by atoms with E-state index < -0.39 is 0 Å². The lowest BCUT2D eigenvalue weighted by atomic mass is 10.1. The van der Waals surface area contributed by atoms with E-state index in [2.05, 4.69) is 29.5 Å². The molecule has 0 atom stereocenters. The molecule has 0 amide bonds. The first-order chi connectivity index (χ1) is 6.41. The van der Waals surface area contributed by atoms with Crippen molar-refractivity contribution in [2.75, 3.05) is 4.43 Å². The molecule has 0 bridgehead atoms. The fraction of sp³-hybridized carbons (Fsp3) is 1.00. The molecule has 0 spiro atoms. The average molecular weight is 312 g/mol. The van der Waals surface area contributed by atoms with Crippen molar-refractivity contribution in [1.82, 2.24) is 0 Å². The first kappa shape index (κ1) is 17.1. The molecule has 0 aromatic heterocycles. The minimum atomic E-state index is 0. The number of hydrogen-bond donors (Lipinski definition) is 0. The molecule has 0 N–H and O–H groups in total. The van der Waals surface area contributed by atoms with E-state index in [9.17, 15) is 0 Å². The van der Waals surface area contributed by atoms with Gasteiger partial charge in [0.15, 0.2) is 0 Å². The largest absolute Gasteiger partial charge is 0.0864 e. The summed E-state index contributed by atoms with van der Waals surface area (Å²) < 4.78 is 1.34. The van der Waals surface area contributed by atoms with Crippen LogP contribution in [0.15, 0.2) is 0 Å². The van der Waals surface area contributed by atoms with Crippen LogP contribution in [-0.2, 0) is 0 Å². The second kappa shape index (κ2) is 16.2. The van der Waals surface area contributed by atoms with Gasteiger partial charge in [0.05, 0.1) is 0 Å². The molecule has 88 valence electrons. The second-order valence-electron chi connectivity index (χ2n) is 3.87. The molecule has 1 heteroatoms. The molecular formula is C13H29I. The van der Waals surface area contributed by atoms with E-state index in [4.69, 9.17) is 0 Å². The number of unbranched alkanes of at least 4 members (excludes halogenated alkanes) is 9. The number of halogens is 1. The molecule has 0 saturated heterocycles. The summed E-state index contributed by atoms with van der Waals surface area (Å²) in [5.74, 6) is 0. The Hall–Kier alpha value is 0.730. The van der Waals surface area contributed by atoms with E-state index in [1.165, 1.54) is 68.6 Å². The fourth-order valence-electron chi connectivity index (χ4n) is 1.58. The molecule has 0 aromatic rings. The van der Waals surface area contributed by atoms with Gasteiger partial charge >= 0.3 is 0 Å². The Labute approximate surface area is 105 Å². The number of alkyl halides is 1. The van der Waals surface area contributed by atoms with E-state index in [0.717, 1.165) is 0 Å². The number of hydrogen-bond acceptors (Lipinski definition) is 0. The quantitative estimate of drug-likeness (QED) is 0.264. The van der Waals surface area contributed by atoms with Gasteiger partial charge in [0, 0.05) is 0 Å². The van der Waals surface area contributed by atoms with Crippen LogP contribution in [0.3, 0.4) is 0 Å². The van der Waals surface area contributed by atoms with Crippen LogP contribution >= 0.6 is 22.6 Å². The molecule has 0 aromatic carbocycles. The van der Waals surface area contributed by atoms with Crippen LogP contribution < -0.4 is 0 Å². The van der Waals surface area contributed by atoms with Gasteiger partial charge in [0.2, 0.25) is 0 Å². The third-order valence-electron chi connectivity index (χ3n) is 2.49. The summed E-state index contributed by atoms with van der Waals surface area (Å²) in [5, 5.41) is 0. The highest BCUT2D eigenvalue weighted by Crippen LogP contribution is 2.10. The summed E-state index contributed by atoms with van der Waals surface area (Å²) in [6.07, 6.45) is 14.5. The van der Waals surface area contributed by atoms with Crippen LogP contribution in [0.4, 0.5) is 0 Å². The van der Waals surface area contributed by atoms with E-state index in [1.807, 2.05) is 0 Å². The molecular weight excluding hydrogens is 283 g/mol. The zero-order valence-electron chi connectivity index (χ0n) is 9.16. The summed E-state index contributed by atoms with van der Waals surface area (Å²) in [5.41, 5.74) is 0. The Morgan fingerprint density at radius 2 is 1.00 bits per heavy atom. The van der Waals surface area contributed by atoms with Gasteiger partial charge in [-0.3, -0.25) is 0 Å². The van der Waals surface area contributed by atoms with Gasteiger partial charge in [-0.15, -0.1) is 0 Å². The van der Waals surface area contributed by atoms with Crippen molar-refractivity contribution in [3.05, 3.63) is 0 Å². The first-order valence-electron chi connectivity index (χ1n) is 5.97. The molecule has 0 fully saturated rings. The zero-order chi connectivity index (χ0) is 9.78. The number of rotatable bonds is 10. The van der Waals surface area contributed by atoms with Crippen molar-refractivity contribution in [2.45, 2.75) is 78.6 Å². The van der Waals surface area contributed by atoms with Crippen molar-refractivity contribution in [2.24, 2.45) is 0 Å². The molecule has 0 nitrogen and oxygen atoms in total. The highest BCUT2D eigenvalue weighted by molar-refractivity contribution is 14.1. The van der Waals surface area contributed by atoms with E-state index in [-0.39, 0.29) is 7.43 Å². The summed E-state index contributed by atoms with van der Waals surface area (Å²) in [7, 11) is 0. The maximum Gasteiger partial charge on any atom is -0.000473 e. The average Bonchev–Trinajstić information content (AvgIpc) is 2.16. The predicted octanol–water partition coefficient (Wildman–Crippen LogP) is 5.98. The van der Waals surface area contributed by atoms with Gasteiger partial charge in [-0.2, -0.15) is 0 Å². The van der Waals surface area contributed by atoms with Crippen molar-refractivity contribution >= 4 is 22.6 Å². The second-order valence-corrected chi connectivity index (χ2v) is 4.95. The molecule has 0 aliphatic carbocycles. The predicted molar refractivity (Wildman–Crippen MR) is 77.5 cm³/mol. The molecule has 0 saturated carbocycles. The minimum absolute atomic E-state index is 0. The monoisotopic (exact) mass is 312 g/mol. The van der Waals surface area contributed by atoms with E-state index >= 15 is 0 Å². The zero-order valence-corrected chi connectivity index (χ0v) is 11.3. The Morgan fingerprint density at radius 1 is 0.643 bits per heavy atom. The van der Waals surface area contributed by atoms with Gasteiger partial charge in [-0.1, -0.05) is 94.7 Å². The molecule has 0 rings (SSSR count). The highest BCUT2D eigenvalue weighted by Gasteiger charge is 1.91. The van der Waals surface area contributed by atoms with Gasteiger partial charge in [-0.25, -0.2) is 0 Å². The third-order valence-corrected chi connectivity index (χ3v) is 3.25. The molecule has 0 aliphatic heterocycles. The maximum atomic E-state index is 2.47. The molecule has 14 heavy (non-hydrogen) atoms. The Bertz CT molecular complexity index is 71.3. The summed E-state index contributed by atoms with van der Waals surface area (Å²) in [6, 6.07) is 0. The van der Waals surface area contributed by atoms with Crippen molar-refractivity contribution in [3.8, 4) is 0 Å². The maximum absolute atomic E-state index is 2.47. The van der Waals surface area contributed by atoms with Crippen molar-refractivity contribution in [1.29, 1.82) is 0 Å². The molecule has 0 heterocycles. The molecule has 0 aliphatic rings. The highest BCUT2D eigenvalue weighted by atomic mass is 127. The standard InChI is InChI=1S/C12H25I.CH4/c1-2-3-4-5-6-7-8-9-10-11-12-13;/h2-12H2,1H3;1H4. The smallest absolute Gasteiger partial charge is 0.000473 e. The topological polar surface area (TPSA) is 0 Å². The summed E-state index contributed by atoms with van der Waals surface area (Å²) in [4.78, 5) is 0. The Balaban J connectivity index is 0. The van der Waals surface area contributed by atoms with Crippen LogP contribution in [0.1, 0.15) is 78.6 Å². The SMILES string of the molecule is C.CCCCCCCCCCCCI. The van der Waals surface area contributed by atoms with Crippen LogP contribution in [0.2, 0.25) is 0 Å². The lowest BCUT2D eigenvalue weighted by Gasteiger charge is -2.00. The van der Waals surface area contributed by atoms with Crippen molar-refractivity contribution < 1.29 is 0 Å². The third kappa shape index (κ3) is 15.2. The Kier molecular flexibility index (Phi) is 19.8. The lowest BCUT2D eigenvalue weighted by molar-refractivity contribution is 0.563. The van der Waals surface area contributed by atoms with Gasteiger partial charge < -0.3 is 0 Å². The summed E-state index contributed by atoms with van der Waals surface area (Å²) in [6.45, 7) is 2.28. The Morgan fingerprint density at radius 3 is 1.36 bits per heavy atom. The lowest BCUT2D eigenvalue weighted by Crippen LogP contribution is -1.81. The van der Waals surface area contributed by atoms with Crippen LogP contribution in [0, 0.1) is 0 Å². The van der Waals surface area contributed by atoms with Crippen molar-refractivity contribution in [3.63, 3.8) is 0 Å².